The molecular formula is C15H11ClLiN. The van der Waals surface area contributed by atoms with Crippen LogP contribution in [0.15, 0.2) is 54.6 Å². The molecule has 2 aromatic rings. The monoisotopic (exact) mass is 247 g/mol. The van der Waals surface area contributed by atoms with Gasteiger partial charge in [-0.25, -0.2) is 0 Å². The molecule has 0 saturated heterocycles. The summed E-state index contributed by atoms with van der Waals surface area (Å²) in [4.78, 5) is 0. The number of para-hydroxylation sites is 1. The molecule has 84 valence electrons. The summed E-state index contributed by atoms with van der Waals surface area (Å²) in [5.74, 6) is 0. The number of nitrogens with zero attached hydrogens (tertiary/aromatic N) is 1. The van der Waals surface area contributed by atoms with Gasteiger partial charge in [-0.15, -0.1) is 5.69 Å². The summed E-state index contributed by atoms with van der Waals surface area (Å²) in [5.41, 5.74) is 3.17. The van der Waals surface area contributed by atoms with Crippen molar-refractivity contribution in [2.24, 2.45) is 0 Å². The first-order valence-electron chi connectivity index (χ1n) is 5.57. The normalized spacial score (nSPS) is 16.4. The number of fused-ring (bicyclic) bond motifs is 1. The molecule has 1 aliphatic heterocycles. The second-order valence-corrected chi connectivity index (χ2v) is 4.43. The minimum Gasteiger partial charge on any atom is -0.673 e. The van der Waals surface area contributed by atoms with Gasteiger partial charge >= 0.3 is 18.9 Å². The van der Waals surface area contributed by atoms with Crippen LogP contribution in [0.4, 0.5) is 5.69 Å². The first kappa shape index (κ1) is 13.3. The van der Waals surface area contributed by atoms with Crippen LogP contribution in [0.3, 0.4) is 0 Å². The van der Waals surface area contributed by atoms with Gasteiger partial charge in [0.15, 0.2) is 0 Å². The van der Waals surface area contributed by atoms with E-state index in [9.17, 15) is 0 Å². The minimum atomic E-state index is 0. The fourth-order valence-electron chi connectivity index (χ4n) is 2.02. The Kier molecular flexibility index (Phi) is 4.19. The Morgan fingerprint density at radius 2 is 1.72 bits per heavy atom. The molecule has 1 aliphatic rings. The number of rotatable bonds is 1. The van der Waals surface area contributed by atoms with Crippen molar-refractivity contribution in [1.82, 2.24) is 0 Å². The Bertz CT molecular complexity index is 566. The van der Waals surface area contributed by atoms with E-state index >= 15 is 0 Å². The maximum atomic E-state index is 6.17. The standard InChI is InChI=1S/C15H11ClN.Li/c16-13-8-4-7-12-9-10-14(17-15(12)13)11-5-2-1-3-6-11;/h1-10,14H;/q-1;+1. The molecule has 0 radical (unpaired) electrons. The predicted octanol–water partition coefficient (Wildman–Crippen LogP) is 2.12. The largest absolute Gasteiger partial charge is 1.00 e. The summed E-state index contributed by atoms with van der Waals surface area (Å²) in [6, 6.07) is 16.2. The van der Waals surface area contributed by atoms with E-state index in [-0.39, 0.29) is 24.9 Å². The summed E-state index contributed by atoms with van der Waals surface area (Å²) in [5, 5.41) is 5.41. The first-order chi connectivity index (χ1) is 8.34. The average Bonchev–Trinajstić information content (AvgIpc) is 2.40. The Labute approximate surface area is 124 Å². The fourth-order valence-corrected chi connectivity index (χ4v) is 2.25. The van der Waals surface area contributed by atoms with Gasteiger partial charge in [-0.2, -0.15) is 0 Å². The van der Waals surface area contributed by atoms with Crippen LogP contribution < -0.4 is 18.9 Å². The van der Waals surface area contributed by atoms with E-state index in [1.54, 1.807) is 0 Å². The second kappa shape index (κ2) is 5.67. The van der Waals surface area contributed by atoms with Crippen LogP contribution >= 0.6 is 11.6 Å². The Morgan fingerprint density at radius 1 is 0.944 bits per heavy atom. The third-order valence-corrected chi connectivity index (χ3v) is 3.19. The number of hydrogen-bond acceptors (Lipinski definition) is 0. The smallest absolute Gasteiger partial charge is 0.673 e. The number of hydrogen-bond donors (Lipinski definition) is 0. The zero-order valence-corrected chi connectivity index (χ0v) is 10.9. The van der Waals surface area contributed by atoms with Crippen molar-refractivity contribution in [3.05, 3.63) is 76.1 Å². The van der Waals surface area contributed by atoms with Gasteiger partial charge in [0.05, 0.1) is 0 Å². The molecule has 0 fully saturated rings. The molecule has 1 atom stereocenters. The van der Waals surface area contributed by atoms with Crippen molar-refractivity contribution < 1.29 is 18.9 Å². The summed E-state index contributed by atoms with van der Waals surface area (Å²) in [6.45, 7) is 0. The Balaban J connectivity index is 0.00000120. The molecule has 18 heavy (non-hydrogen) atoms. The molecule has 0 aliphatic carbocycles. The predicted molar refractivity (Wildman–Crippen MR) is 72.7 cm³/mol. The topological polar surface area (TPSA) is 14.1 Å². The number of halogens is 1. The molecule has 0 saturated carbocycles. The maximum absolute atomic E-state index is 6.17. The zero-order chi connectivity index (χ0) is 11.7. The van der Waals surface area contributed by atoms with Crippen LogP contribution in [0.25, 0.3) is 11.4 Å². The molecular weight excluding hydrogens is 237 g/mol. The average molecular weight is 248 g/mol. The third-order valence-electron chi connectivity index (χ3n) is 2.89. The van der Waals surface area contributed by atoms with Crippen LogP contribution in [0.1, 0.15) is 17.2 Å². The van der Waals surface area contributed by atoms with E-state index in [0.717, 1.165) is 11.3 Å². The molecule has 1 nitrogen and oxygen atoms in total. The van der Waals surface area contributed by atoms with E-state index in [1.165, 1.54) is 5.56 Å². The van der Waals surface area contributed by atoms with Crippen molar-refractivity contribution in [1.29, 1.82) is 0 Å². The van der Waals surface area contributed by atoms with Gasteiger partial charge in [0, 0.05) is 5.02 Å². The minimum absolute atomic E-state index is 0. The summed E-state index contributed by atoms with van der Waals surface area (Å²) >= 11 is 6.17. The molecule has 3 rings (SSSR count). The van der Waals surface area contributed by atoms with E-state index in [1.807, 2.05) is 36.4 Å². The quantitative estimate of drug-likeness (QED) is 0.686. The van der Waals surface area contributed by atoms with Gasteiger partial charge in [-0.05, 0) is 11.6 Å². The molecule has 0 bridgehead atoms. The van der Waals surface area contributed by atoms with Crippen LogP contribution in [0.2, 0.25) is 5.02 Å². The SMILES string of the molecule is Clc1cccc2c1[N-]C(c1ccccc1)C=C2.[Li+]. The van der Waals surface area contributed by atoms with Crippen molar-refractivity contribution >= 4 is 23.4 Å². The maximum Gasteiger partial charge on any atom is 1.00 e. The van der Waals surface area contributed by atoms with Gasteiger partial charge in [-0.1, -0.05) is 77.8 Å². The summed E-state index contributed by atoms with van der Waals surface area (Å²) in [6.07, 6.45) is 4.19. The molecule has 1 unspecified atom stereocenters. The van der Waals surface area contributed by atoms with Crippen LogP contribution in [0.5, 0.6) is 0 Å². The Morgan fingerprint density at radius 3 is 2.50 bits per heavy atom. The molecule has 1 heterocycles. The van der Waals surface area contributed by atoms with E-state index in [0.29, 0.717) is 5.02 Å². The number of benzene rings is 2. The second-order valence-electron chi connectivity index (χ2n) is 4.02. The molecule has 3 heteroatoms. The van der Waals surface area contributed by atoms with Gasteiger partial charge in [-0.3, -0.25) is 0 Å². The zero-order valence-electron chi connectivity index (χ0n) is 10.2. The van der Waals surface area contributed by atoms with Crippen LogP contribution in [-0.2, 0) is 0 Å². The van der Waals surface area contributed by atoms with Gasteiger partial charge < -0.3 is 5.32 Å². The van der Waals surface area contributed by atoms with E-state index in [2.05, 4.69) is 24.3 Å². The van der Waals surface area contributed by atoms with Crippen LogP contribution in [-0.4, -0.2) is 0 Å². The van der Waals surface area contributed by atoms with Gasteiger partial charge in [0.25, 0.3) is 0 Å². The molecule has 2 aromatic carbocycles. The van der Waals surface area contributed by atoms with Crippen molar-refractivity contribution in [3.8, 4) is 0 Å². The fraction of sp³-hybridized carbons (Fsp3) is 0.0667. The van der Waals surface area contributed by atoms with Gasteiger partial charge in [0.2, 0.25) is 0 Å². The van der Waals surface area contributed by atoms with Crippen molar-refractivity contribution in [3.63, 3.8) is 0 Å². The molecule has 0 N–H and O–H groups in total. The summed E-state index contributed by atoms with van der Waals surface area (Å²) < 4.78 is 0. The summed E-state index contributed by atoms with van der Waals surface area (Å²) in [7, 11) is 0. The molecule has 0 spiro atoms. The van der Waals surface area contributed by atoms with E-state index < -0.39 is 0 Å². The van der Waals surface area contributed by atoms with Crippen molar-refractivity contribution in [2.75, 3.05) is 0 Å². The van der Waals surface area contributed by atoms with Crippen molar-refractivity contribution in [2.45, 2.75) is 6.04 Å². The first-order valence-corrected chi connectivity index (χ1v) is 5.95. The third kappa shape index (κ3) is 2.49. The Hall–Kier alpha value is -1.13. The molecule has 0 amide bonds. The van der Waals surface area contributed by atoms with Gasteiger partial charge in [0.1, 0.15) is 0 Å². The molecule has 0 aromatic heterocycles. The van der Waals surface area contributed by atoms with Crippen LogP contribution in [0, 0.1) is 0 Å². The van der Waals surface area contributed by atoms with E-state index in [4.69, 9.17) is 16.9 Å².